The summed E-state index contributed by atoms with van der Waals surface area (Å²) >= 11 is 0. The second-order valence-corrected chi connectivity index (χ2v) is 5.71. The summed E-state index contributed by atoms with van der Waals surface area (Å²) in [7, 11) is 0. The average Bonchev–Trinajstić information content (AvgIpc) is 2.48. The number of aliphatic hydroxyl groups excluding tert-OH is 1. The maximum atomic E-state index is 13.8. The first-order valence-corrected chi connectivity index (χ1v) is 7.89. The van der Waals surface area contributed by atoms with E-state index in [0.29, 0.717) is 18.2 Å². The van der Waals surface area contributed by atoms with Crippen LogP contribution in [-0.2, 0) is 0 Å². The Labute approximate surface area is 128 Å². The maximum Gasteiger partial charge on any atom is 0.127 e. The zero-order chi connectivity index (χ0) is 15.8. The highest BCUT2D eigenvalue weighted by Gasteiger charge is 2.23. The molecule has 0 fully saturated rings. The smallest absolute Gasteiger partial charge is 0.127 e. The molecule has 3 nitrogen and oxygen atoms in total. The van der Waals surface area contributed by atoms with E-state index < -0.39 is 0 Å². The van der Waals surface area contributed by atoms with E-state index in [9.17, 15) is 9.50 Å². The predicted molar refractivity (Wildman–Crippen MR) is 85.5 cm³/mol. The lowest BCUT2D eigenvalue weighted by Crippen LogP contribution is -2.41. The van der Waals surface area contributed by atoms with E-state index >= 15 is 0 Å². The number of nitrogens with zero attached hydrogens (tertiary/aromatic N) is 1. The monoisotopic (exact) mass is 296 g/mol. The van der Waals surface area contributed by atoms with Crippen LogP contribution in [0.5, 0.6) is 0 Å². The highest BCUT2D eigenvalue weighted by atomic mass is 19.1. The van der Waals surface area contributed by atoms with E-state index in [0.717, 1.165) is 19.4 Å². The molecule has 0 aliphatic heterocycles. The summed E-state index contributed by atoms with van der Waals surface area (Å²) < 4.78 is 13.8. The fourth-order valence-corrected chi connectivity index (χ4v) is 2.89. The van der Waals surface area contributed by atoms with Gasteiger partial charge in [0.05, 0.1) is 6.61 Å². The highest BCUT2D eigenvalue weighted by Crippen LogP contribution is 2.24. The Morgan fingerprint density at radius 1 is 1.24 bits per heavy atom. The molecule has 0 aliphatic rings. The topological polar surface area (TPSA) is 49.5 Å². The predicted octanol–water partition coefficient (Wildman–Crippen LogP) is 2.94. The number of halogens is 1. The van der Waals surface area contributed by atoms with Crippen molar-refractivity contribution in [3.8, 4) is 0 Å². The van der Waals surface area contributed by atoms with Crippen LogP contribution in [0.15, 0.2) is 24.3 Å². The normalized spacial score (nSPS) is 14.7. The Bertz CT molecular complexity index is 410. The Kier molecular flexibility index (Phi) is 7.86. The van der Waals surface area contributed by atoms with Gasteiger partial charge in [-0.05, 0) is 24.8 Å². The number of nitrogens with two attached hydrogens (primary N) is 1. The van der Waals surface area contributed by atoms with Crippen LogP contribution in [-0.4, -0.2) is 35.7 Å². The van der Waals surface area contributed by atoms with Crippen molar-refractivity contribution in [1.29, 1.82) is 0 Å². The van der Waals surface area contributed by atoms with Gasteiger partial charge in [0.1, 0.15) is 5.82 Å². The van der Waals surface area contributed by atoms with Crippen molar-refractivity contribution in [2.75, 3.05) is 19.7 Å². The van der Waals surface area contributed by atoms with Crippen LogP contribution < -0.4 is 5.73 Å². The molecule has 0 saturated heterocycles. The summed E-state index contributed by atoms with van der Waals surface area (Å²) in [5.74, 6) is -0.123. The summed E-state index contributed by atoms with van der Waals surface area (Å²) in [6.07, 6.45) is 2.08. The minimum atomic E-state index is -0.332. The fourth-order valence-electron chi connectivity index (χ4n) is 2.89. The van der Waals surface area contributed by atoms with E-state index in [-0.39, 0.29) is 24.4 Å². The second kappa shape index (κ2) is 9.13. The molecule has 2 atom stereocenters. The quantitative estimate of drug-likeness (QED) is 0.736. The van der Waals surface area contributed by atoms with Crippen molar-refractivity contribution < 1.29 is 9.50 Å². The van der Waals surface area contributed by atoms with Crippen molar-refractivity contribution in [2.45, 2.75) is 45.7 Å². The largest absolute Gasteiger partial charge is 0.395 e. The van der Waals surface area contributed by atoms with Gasteiger partial charge < -0.3 is 10.8 Å². The van der Waals surface area contributed by atoms with E-state index in [4.69, 9.17) is 5.73 Å². The lowest BCUT2D eigenvalue weighted by molar-refractivity contribution is 0.121. The Balaban J connectivity index is 2.76. The molecule has 2 unspecified atom stereocenters. The summed E-state index contributed by atoms with van der Waals surface area (Å²) in [5, 5.41) is 9.26. The molecule has 4 heteroatoms. The van der Waals surface area contributed by atoms with Crippen LogP contribution in [0.2, 0.25) is 0 Å². The zero-order valence-electron chi connectivity index (χ0n) is 13.4. The molecular weight excluding hydrogens is 267 g/mol. The molecular formula is C17H29FN2O. The Morgan fingerprint density at radius 3 is 2.38 bits per heavy atom. The molecule has 0 amide bonds. The van der Waals surface area contributed by atoms with Gasteiger partial charge in [-0.3, -0.25) is 4.90 Å². The van der Waals surface area contributed by atoms with E-state index in [1.54, 1.807) is 12.1 Å². The summed E-state index contributed by atoms with van der Waals surface area (Å²) in [4.78, 5) is 2.27. The van der Waals surface area contributed by atoms with Gasteiger partial charge >= 0.3 is 0 Å². The van der Waals surface area contributed by atoms with Crippen molar-refractivity contribution in [2.24, 2.45) is 11.7 Å². The van der Waals surface area contributed by atoms with Gasteiger partial charge in [0.15, 0.2) is 0 Å². The molecule has 0 aromatic heterocycles. The van der Waals surface area contributed by atoms with Crippen molar-refractivity contribution in [3.05, 3.63) is 35.6 Å². The summed E-state index contributed by atoms with van der Waals surface area (Å²) in [6.45, 7) is 7.89. The third kappa shape index (κ3) is 5.06. The standard InChI is InChI=1S/C17H29FN2O/c1-4-14(5-2)20(10-11-21)12-13(3)17(19)15-8-6-7-9-16(15)18/h6-9,13-14,17,21H,4-5,10-12,19H2,1-3H3. The fraction of sp³-hybridized carbons (Fsp3) is 0.647. The van der Waals surface area contributed by atoms with Gasteiger partial charge in [-0.1, -0.05) is 39.0 Å². The van der Waals surface area contributed by atoms with Gasteiger partial charge in [-0.2, -0.15) is 0 Å². The van der Waals surface area contributed by atoms with Gasteiger partial charge in [0.2, 0.25) is 0 Å². The molecule has 0 bridgehead atoms. The van der Waals surface area contributed by atoms with Gasteiger partial charge in [-0.25, -0.2) is 4.39 Å². The molecule has 1 aromatic carbocycles. The molecule has 1 aromatic rings. The van der Waals surface area contributed by atoms with Crippen molar-refractivity contribution in [3.63, 3.8) is 0 Å². The van der Waals surface area contributed by atoms with Gasteiger partial charge in [0.25, 0.3) is 0 Å². The number of benzene rings is 1. The van der Waals surface area contributed by atoms with E-state index in [2.05, 4.69) is 18.7 Å². The molecule has 0 spiro atoms. The Morgan fingerprint density at radius 2 is 1.86 bits per heavy atom. The Hall–Kier alpha value is -0.970. The lowest BCUT2D eigenvalue weighted by Gasteiger charge is -2.34. The van der Waals surface area contributed by atoms with Gasteiger partial charge in [0, 0.05) is 30.7 Å². The van der Waals surface area contributed by atoms with Crippen LogP contribution in [0.4, 0.5) is 4.39 Å². The molecule has 120 valence electrons. The minimum Gasteiger partial charge on any atom is -0.395 e. The summed E-state index contributed by atoms with van der Waals surface area (Å²) in [6, 6.07) is 6.81. The first-order chi connectivity index (χ1) is 10.0. The number of rotatable bonds is 9. The van der Waals surface area contributed by atoms with Gasteiger partial charge in [-0.15, -0.1) is 0 Å². The molecule has 3 N–H and O–H groups in total. The molecule has 0 aliphatic carbocycles. The molecule has 21 heavy (non-hydrogen) atoms. The SMILES string of the molecule is CCC(CC)N(CCO)CC(C)C(N)c1ccccc1F. The van der Waals surface area contributed by atoms with Crippen molar-refractivity contribution in [1.82, 2.24) is 4.90 Å². The zero-order valence-corrected chi connectivity index (χ0v) is 13.4. The average molecular weight is 296 g/mol. The van der Waals surface area contributed by atoms with Crippen molar-refractivity contribution >= 4 is 0 Å². The molecule has 0 saturated carbocycles. The van der Waals surface area contributed by atoms with E-state index in [1.165, 1.54) is 6.07 Å². The first-order valence-electron chi connectivity index (χ1n) is 7.89. The first kappa shape index (κ1) is 18.1. The van der Waals surface area contributed by atoms with Crippen LogP contribution in [0, 0.1) is 11.7 Å². The molecule has 0 heterocycles. The lowest BCUT2D eigenvalue weighted by atomic mass is 9.93. The number of hydrogen-bond acceptors (Lipinski definition) is 3. The van der Waals surface area contributed by atoms with Crippen LogP contribution in [0.25, 0.3) is 0 Å². The van der Waals surface area contributed by atoms with Crippen LogP contribution in [0.3, 0.4) is 0 Å². The van der Waals surface area contributed by atoms with Crippen LogP contribution >= 0.6 is 0 Å². The summed E-state index contributed by atoms with van der Waals surface area (Å²) in [5.41, 5.74) is 6.81. The van der Waals surface area contributed by atoms with E-state index in [1.807, 2.05) is 13.0 Å². The molecule has 0 radical (unpaired) electrons. The second-order valence-electron chi connectivity index (χ2n) is 5.71. The minimum absolute atomic E-state index is 0.119. The number of aliphatic hydroxyl groups is 1. The highest BCUT2D eigenvalue weighted by molar-refractivity contribution is 5.21. The molecule has 1 rings (SSSR count). The van der Waals surface area contributed by atoms with Crippen LogP contribution in [0.1, 0.15) is 45.2 Å². The number of hydrogen-bond donors (Lipinski definition) is 2. The maximum absolute atomic E-state index is 13.8. The third-order valence-corrected chi connectivity index (χ3v) is 4.25. The third-order valence-electron chi connectivity index (χ3n) is 4.25.